The molecule has 6 nitrogen and oxygen atoms in total. The highest BCUT2D eigenvalue weighted by molar-refractivity contribution is 6.31. The Balaban J connectivity index is 1.98. The average molecular weight is 429 g/mol. The molecule has 0 radical (unpaired) electrons. The molecule has 1 unspecified atom stereocenters. The summed E-state index contributed by atoms with van der Waals surface area (Å²) in [6.45, 7) is 4.24. The Morgan fingerprint density at radius 1 is 1.10 bits per heavy atom. The summed E-state index contributed by atoms with van der Waals surface area (Å²) in [5.41, 5.74) is 2.49. The lowest BCUT2D eigenvalue weighted by molar-refractivity contribution is -0.139. The number of esters is 1. The monoisotopic (exact) mass is 428 g/mol. The van der Waals surface area contributed by atoms with E-state index in [2.05, 4.69) is 10.6 Å². The van der Waals surface area contributed by atoms with Crippen molar-refractivity contribution >= 4 is 23.6 Å². The Hall–Kier alpha value is -2.99. The van der Waals surface area contributed by atoms with E-state index in [9.17, 15) is 9.59 Å². The molecule has 0 saturated heterocycles. The van der Waals surface area contributed by atoms with Gasteiger partial charge in [0, 0.05) is 21.8 Å². The number of amides is 2. The molecule has 1 aliphatic rings. The molecule has 0 aromatic heterocycles. The fraction of sp³-hybridized carbons (Fsp3) is 0.304. The number of benzene rings is 2. The first-order valence-corrected chi connectivity index (χ1v) is 10.4. The van der Waals surface area contributed by atoms with Crippen molar-refractivity contribution in [3.8, 4) is 5.75 Å². The van der Waals surface area contributed by atoms with Gasteiger partial charge in [0.25, 0.3) is 0 Å². The zero-order valence-electron chi connectivity index (χ0n) is 17.0. The summed E-state index contributed by atoms with van der Waals surface area (Å²) in [6.07, 6.45) is 1.33. The van der Waals surface area contributed by atoms with E-state index in [-0.39, 0.29) is 19.2 Å². The standard InChI is InChI=1S/C23H25ClN2O4/c1-3-9-18-20(22(27)29-4-2)21(26-23(28)25-18)16-11-6-8-13-19(16)30-14-15-10-5-7-12-17(15)24/h5-8,10-13,21H,3-4,9,14H2,1-2H3,(H2,25,26,28). The van der Waals surface area contributed by atoms with Gasteiger partial charge in [-0.1, -0.05) is 61.3 Å². The van der Waals surface area contributed by atoms with Gasteiger partial charge in [0.2, 0.25) is 0 Å². The first-order valence-electron chi connectivity index (χ1n) is 9.97. The van der Waals surface area contributed by atoms with Crippen LogP contribution in [0.15, 0.2) is 59.8 Å². The number of rotatable bonds is 8. The molecule has 30 heavy (non-hydrogen) atoms. The van der Waals surface area contributed by atoms with Crippen LogP contribution in [0.4, 0.5) is 4.79 Å². The number of nitrogens with one attached hydrogen (secondary N) is 2. The zero-order chi connectivity index (χ0) is 21.5. The summed E-state index contributed by atoms with van der Waals surface area (Å²) in [4.78, 5) is 25.1. The van der Waals surface area contributed by atoms with Gasteiger partial charge in [-0.3, -0.25) is 0 Å². The van der Waals surface area contributed by atoms with Crippen molar-refractivity contribution in [2.24, 2.45) is 0 Å². The van der Waals surface area contributed by atoms with Crippen molar-refractivity contribution < 1.29 is 19.1 Å². The maximum absolute atomic E-state index is 12.8. The number of urea groups is 1. The predicted octanol–water partition coefficient (Wildman–Crippen LogP) is 4.89. The number of hydrogen-bond acceptors (Lipinski definition) is 4. The maximum Gasteiger partial charge on any atom is 0.338 e. The zero-order valence-corrected chi connectivity index (χ0v) is 17.8. The van der Waals surface area contributed by atoms with Gasteiger partial charge in [0.1, 0.15) is 12.4 Å². The van der Waals surface area contributed by atoms with Gasteiger partial charge in [-0.15, -0.1) is 0 Å². The highest BCUT2D eigenvalue weighted by Crippen LogP contribution is 2.35. The molecule has 3 rings (SSSR count). The Morgan fingerprint density at radius 3 is 2.57 bits per heavy atom. The smallest absolute Gasteiger partial charge is 0.338 e. The minimum Gasteiger partial charge on any atom is -0.488 e. The SMILES string of the molecule is CCCC1=C(C(=O)OCC)C(c2ccccc2OCc2ccccc2Cl)NC(=O)N1. The molecule has 0 aliphatic carbocycles. The van der Waals surface area contributed by atoms with Gasteiger partial charge in [-0.25, -0.2) is 9.59 Å². The van der Waals surface area contributed by atoms with Crippen LogP contribution in [-0.4, -0.2) is 18.6 Å². The first-order chi connectivity index (χ1) is 14.5. The fourth-order valence-electron chi connectivity index (χ4n) is 3.37. The molecule has 2 aromatic carbocycles. The van der Waals surface area contributed by atoms with E-state index in [0.29, 0.717) is 34.0 Å². The second-order valence-corrected chi connectivity index (χ2v) is 7.22. The molecule has 158 valence electrons. The molecular weight excluding hydrogens is 404 g/mol. The van der Waals surface area contributed by atoms with Crippen molar-refractivity contribution in [3.05, 3.63) is 76.0 Å². The van der Waals surface area contributed by atoms with Crippen LogP contribution in [0, 0.1) is 0 Å². The van der Waals surface area contributed by atoms with E-state index in [1.165, 1.54) is 0 Å². The lowest BCUT2D eigenvalue weighted by Crippen LogP contribution is -2.46. The van der Waals surface area contributed by atoms with Gasteiger partial charge in [0.05, 0.1) is 18.2 Å². The molecule has 1 aliphatic heterocycles. The minimum absolute atomic E-state index is 0.243. The van der Waals surface area contributed by atoms with Crippen molar-refractivity contribution in [2.45, 2.75) is 39.3 Å². The van der Waals surface area contributed by atoms with Crippen LogP contribution in [0.5, 0.6) is 5.75 Å². The van der Waals surface area contributed by atoms with E-state index < -0.39 is 12.0 Å². The van der Waals surface area contributed by atoms with Gasteiger partial charge in [-0.05, 0) is 25.5 Å². The molecular formula is C23H25ClN2O4. The van der Waals surface area contributed by atoms with Crippen LogP contribution in [-0.2, 0) is 16.1 Å². The number of allylic oxidation sites excluding steroid dienone is 1. The number of hydrogen-bond donors (Lipinski definition) is 2. The molecule has 0 spiro atoms. The molecule has 0 saturated carbocycles. The first kappa shape index (κ1) is 21.7. The Morgan fingerprint density at radius 2 is 1.83 bits per heavy atom. The van der Waals surface area contributed by atoms with E-state index in [1.54, 1.807) is 13.0 Å². The van der Waals surface area contributed by atoms with E-state index >= 15 is 0 Å². The number of ether oxygens (including phenoxy) is 2. The molecule has 2 amide bonds. The molecule has 2 aromatic rings. The van der Waals surface area contributed by atoms with Crippen molar-refractivity contribution in [2.75, 3.05) is 6.61 Å². The van der Waals surface area contributed by atoms with Crippen LogP contribution >= 0.6 is 11.6 Å². The highest BCUT2D eigenvalue weighted by Gasteiger charge is 2.34. The lowest BCUT2D eigenvalue weighted by atomic mass is 9.93. The summed E-state index contributed by atoms with van der Waals surface area (Å²) in [6, 6.07) is 13.7. The number of carbonyl (C=O) groups excluding carboxylic acids is 2. The van der Waals surface area contributed by atoms with E-state index in [0.717, 1.165) is 12.0 Å². The quantitative estimate of drug-likeness (QED) is 0.587. The third-order valence-corrected chi connectivity index (χ3v) is 5.09. The average Bonchev–Trinajstić information content (AvgIpc) is 2.73. The minimum atomic E-state index is -0.679. The second kappa shape index (κ2) is 10.2. The molecule has 2 N–H and O–H groups in total. The van der Waals surface area contributed by atoms with Crippen molar-refractivity contribution in [1.82, 2.24) is 10.6 Å². The summed E-state index contributed by atoms with van der Waals surface area (Å²) in [5, 5.41) is 6.22. The normalized spacial score (nSPS) is 16.0. The lowest BCUT2D eigenvalue weighted by Gasteiger charge is -2.30. The number of carbonyl (C=O) groups is 2. The predicted molar refractivity (Wildman–Crippen MR) is 115 cm³/mol. The fourth-order valence-corrected chi connectivity index (χ4v) is 3.56. The molecule has 1 atom stereocenters. The van der Waals surface area contributed by atoms with Crippen molar-refractivity contribution in [3.63, 3.8) is 0 Å². The van der Waals surface area contributed by atoms with Gasteiger partial charge < -0.3 is 20.1 Å². The Labute approximate surface area is 181 Å². The topological polar surface area (TPSA) is 76.7 Å². The molecule has 0 bridgehead atoms. The van der Waals surface area contributed by atoms with E-state index in [1.807, 2.05) is 49.4 Å². The third-order valence-electron chi connectivity index (χ3n) is 4.72. The Kier molecular flexibility index (Phi) is 7.36. The van der Waals surface area contributed by atoms with Gasteiger partial charge in [0.15, 0.2) is 0 Å². The highest BCUT2D eigenvalue weighted by atomic mass is 35.5. The van der Waals surface area contributed by atoms with Crippen LogP contribution < -0.4 is 15.4 Å². The van der Waals surface area contributed by atoms with Crippen molar-refractivity contribution in [1.29, 1.82) is 0 Å². The second-order valence-electron chi connectivity index (χ2n) is 6.81. The van der Waals surface area contributed by atoms with Crippen LogP contribution in [0.25, 0.3) is 0 Å². The molecule has 7 heteroatoms. The number of halogens is 1. The van der Waals surface area contributed by atoms with E-state index in [4.69, 9.17) is 21.1 Å². The summed E-state index contributed by atoms with van der Waals surface area (Å²) >= 11 is 6.24. The van der Waals surface area contributed by atoms with Crippen LogP contribution in [0.3, 0.4) is 0 Å². The molecule has 1 heterocycles. The van der Waals surface area contributed by atoms with Gasteiger partial charge in [-0.2, -0.15) is 0 Å². The number of para-hydroxylation sites is 1. The van der Waals surface area contributed by atoms with Crippen LogP contribution in [0.2, 0.25) is 5.02 Å². The largest absolute Gasteiger partial charge is 0.488 e. The summed E-state index contributed by atoms with van der Waals surface area (Å²) in [5.74, 6) is 0.0987. The summed E-state index contributed by atoms with van der Waals surface area (Å²) < 4.78 is 11.3. The summed E-state index contributed by atoms with van der Waals surface area (Å²) in [7, 11) is 0. The van der Waals surface area contributed by atoms with Crippen LogP contribution in [0.1, 0.15) is 43.9 Å². The van der Waals surface area contributed by atoms with Gasteiger partial charge >= 0.3 is 12.0 Å². The maximum atomic E-state index is 12.8. The molecule has 0 fully saturated rings. The third kappa shape index (κ3) is 4.94. The Bertz CT molecular complexity index is 958.